The summed E-state index contributed by atoms with van der Waals surface area (Å²) < 4.78 is 0. The van der Waals surface area contributed by atoms with Crippen molar-refractivity contribution in [1.82, 2.24) is 10.3 Å². The molecule has 1 aromatic heterocycles. The molecule has 0 unspecified atom stereocenters. The summed E-state index contributed by atoms with van der Waals surface area (Å²) in [6.45, 7) is 5.35. The Balaban J connectivity index is 2.54. The molecule has 2 nitrogen and oxygen atoms in total. The van der Waals surface area contributed by atoms with E-state index in [2.05, 4.69) is 48.4 Å². The van der Waals surface area contributed by atoms with Crippen LogP contribution in [0.3, 0.4) is 0 Å². The molecule has 2 rings (SSSR count). The first-order valence-electron chi connectivity index (χ1n) is 5.47. The van der Waals surface area contributed by atoms with Crippen LogP contribution < -0.4 is 5.32 Å². The van der Waals surface area contributed by atoms with Gasteiger partial charge in [-0.15, -0.1) is 0 Å². The van der Waals surface area contributed by atoms with Gasteiger partial charge in [-0.3, -0.25) is 0 Å². The molecule has 0 aliphatic heterocycles. The molecule has 2 N–H and O–H groups in total. The van der Waals surface area contributed by atoms with Crippen molar-refractivity contribution in [3.05, 3.63) is 35.5 Å². The van der Waals surface area contributed by atoms with Crippen LogP contribution in [0.5, 0.6) is 0 Å². The van der Waals surface area contributed by atoms with E-state index in [4.69, 9.17) is 0 Å². The highest BCUT2D eigenvalue weighted by Crippen LogP contribution is 2.25. The Morgan fingerprint density at radius 2 is 2.13 bits per heavy atom. The second-order valence-electron chi connectivity index (χ2n) is 4.29. The predicted octanol–water partition coefficient (Wildman–Crippen LogP) is 3.01. The largest absolute Gasteiger partial charge is 0.357 e. The van der Waals surface area contributed by atoms with Crippen LogP contribution in [0.1, 0.15) is 31.0 Å². The lowest BCUT2D eigenvalue weighted by molar-refractivity contribution is 0.798. The van der Waals surface area contributed by atoms with Crippen molar-refractivity contribution in [2.75, 3.05) is 7.05 Å². The number of aromatic nitrogens is 1. The van der Waals surface area contributed by atoms with Gasteiger partial charge in [0.2, 0.25) is 0 Å². The topological polar surface area (TPSA) is 27.8 Å². The van der Waals surface area contributed by atoms with Crippen LogP contribution in [0.2, 0.25) is 0 Å². The van der Waals surface area contributed by atoms with Gasteiger partial charge in [-0.1, -0.05) is 32.0 Å². The quantitative estimate of drug-likeness (QED) is 0.786. The van der Waals surface area contributed by atoms with Gasteiger partial charge in [-0.05, 0) is 30.0 Å². The molecule has 0 aliphatic rings. The van der Waals surface area contributed by atoms with E-state index in [1.54, 1.807) is 0 Å². The van der Waals surface area contributed by atoms with Gasteiger partial charge < -0.3 is 10.3 Å². The second-order valence-corrected chi connectivity index (χ2v) is 4.29. The van der Waals surface area contributed by atoms with Gasteiger partial charge in [0.25, 0.3) is 0 Å². The van der Waals surface area contributed by atoms with Crippen molar-refractivity contribution in [3.8, 4) is 0 Å². The van der Waals surface area contributed by atoms with Crippen LogP contribution in [0.15, 0.2) is 24.3 Å². The monoisotopic (exact) mass is 202 g/mol. The number of benzene rings is 1. The molecule has 0 radical (unpaired) electrons. The summed E-state index contributed by atoms with van der Waals surface area (Å²) in [7, 11) is 1.97. The van der Waals surface area contributed by atoms with Crippen LogP contribution in [0.25, 0.3) is 10.9 Å². The van der Waals surface area contributed by atoms with Gasteiger partial charge in [-0.2, -0.15) is 0 Å². The summed E-state index contributed by atoms with van der Waals surface area (Å²) in [5.41, 5.74) is 3.94. The van der Waals surface area contributed by atoms with E-state index in [1.165, 1.54) is 22.2 Å². The van der Waals surface area contributed by atoms with Gasteiger partial charge in [0.15, 0.2) is 0 Å². The first-order valence-corrected chi connectivity index (χ1v) is 5.47. The van der Waals surface area contributed by atoms with Crippen molar-refractivity contribution in [2.24, 2.45) is 0 Å². The van der Waals surface area contributed by atoms with Gasteiger partial charge in [0.1, 0.15) is 0 Å². The Morgan fingerprint density at radius 1 is 1.33 bits per heavy atom. The molecule has 0 amide bonds. The maximum atomic E-state index is 3.48. The smallest absolute Gasteiger partial charge is 0.0491 e. The third-order valence-corrected chi connectivity index (χ3v) is 2.73. The van der Waals surface area contributed by atoms with Crippen LogP contribution in [0, 0.1) is 0 Å². The van der Waals surface area contributed by atoms with E-state index in [-0.39, 0.29) is 0 Å². The number of rotatable bonds is 3. The fourth-order valence-corrected chi connectivity index (χ4v) is 2.00. The number of hydrogen-bond acceptors (Lipinski definition) is 1. The lowest BCUT2D eigenvalue weighted by atomic mass is 10.0. The predicted molar refractivity (Wildman–Crippen MR) is 65.2 cm³/mol. The molecule has 2 aromatic rings. The zero-order valence-electron chi connectivity index (χ0n) is 9.59. The van der Waals surface area contributed by atoms with E-state index >= 15 is 0 Å². The van der Waals surface area contributed by atoms with Crippen LogP contribution >= 0.6 is 0 Å². The Kier molecular flexibility index (Phi) is 2.78. The van der Waals surface area contributed by atoms with E-state index in [0.717, 1.165) is 6.54 Å². The third-order valence-electron chi connectivity index (χ3n) is 2.73. The molecule has 0 saturated carbocycles. The number of aromatic amines is 1. The standard InChI is InChI=1S/C13H18N2/c1-9(2)12-6-4-5-10-7-11(8-14-3)15-13(10)12/h4-7,9,14-15H,8H2,1-3H3. The summed E-state index contributed by atoms with van der Waals surface area (Å²) in [6.07, 6.45) is 0. The molecule has 2 heteroatoms. The summed E-state index contributed by atoms with van der Waals surface area (Å²) >= 11 is 0. The minimum absolute atomic E-state index is 0.565. The molecule has 0 spiro atoms. The molecule has 0 saturated heterocycles. The normalized spacial score (nSPS) is 11.5. The number of para-hydroxylation sites is 1. The summed E-state index contributed by atoms with van der Waals surface area (Å²) in [5, 5.41) is 4.47. The van der Waals surface area contributed by atoms with Crippen LogP contribution in [-0.4, -0.2) is 12.0 Å². The molecular weight excluding hydrogens is 184 g/mol. The highest BCUT2D eigenvalue weighted by molar-refractivity contribution is 5.84. The van der Waals surface area contributed by atoms with Gasteiger partial charge in [-0.25, -0.2) is 0 Å². The average Bonchev–Trinajstić information content (AvgIpc) is 2.59. The second kappa shape index (κ2) is 4.07. The van der Waals surface area contributed by atoms with Gasteiger partial charge >= 0.3 is 0 Å². The van der Waals surface area contributed by atoms with Gasteiger partial charge in [0, 0.05) is 17.8 Å². The Labute approximate surface area is 90.7 Å². The highest BCUT2D eigenvalue weighted by Gasteiger charge is 2.07. The van der Waals surface area contributed by atoms with E-state index in [0.29, 0.717) is 5.92 Å². The van der Waals surface area contributed by atoms with Crippen molar-refractivity contribution >= 4 is 10.9 Å². The van der Waals surface area contributed by atoms with Crippen molar-refractivity contribution in [1.29, 1.82) is 0 Å². The maximum Gasteiger partial charge on any atom is 0.0491 e. The number of fused-ring (bicyclic) bond motifs is 1. The first kappa shape index (κ1) is 10.2. The molecule has 0 fully saturated rings. The van der Waals surface area contributed by atoms with E-state index < -0.39 is 0 Å². The SMILES string of the molecule is CNCc1cc2cccc(C(C)C)c2[nH]1. The minimum atomic E-state index is 0.565. The molecule has 0 aliphatic carbocycles. The molecule has 0 atom stereocenters. The maximum absolute atomic E-state index is 3.48. The zero-order chi connectivity index (χ0) is 10.8. The third kappa shape index (κ3) is 1.90. The summed E-state index contributed by atoms with van der Waals surface area (Å²) in [4.78, 5) is 3.48. The van der Waals surface area contributed by atoms with E-state index in [9.17, 15) is 0 Å². The Hall–Kier alpha value is -1.28. The number of nitrogens with one attached hydrogen (secondary N) is 2. The van der Waals surface area contributed by atoms with E-state index in [1.807, 2.05) is 7.05 Å². The number of hydrogen-bond donors (Lipinski definition) is 2. The molecule has 15 heavy (non-hydrogen) atoms. The molecular formula is C13H18N2. The molecule has 80 valence electrons. The van der Waals surface area contributed by atoms with Crippen molar-refractivity contribution in [3.63, 3.8) is 0 Å². The minimum Gasteiger partial charge on any atom is -0.357 e. The van der Waals surface area contributed by atoms with Crippen LogP contribution in [0.4, 0.5) is 0 Å². The highest BCUT2D eigenvalue weighted by atomic mass is 14.9. The zero-order valence-corrected chi connectivity index (χ0v) is 9.59. The summed E-state index contributed by atoms with van der Waals surface area (Å²) in [5.74, 6) is 0.565. The molecule has 1 heterocycles. The summed E-state index contributed by atoms with van der Waals surface area (Å²) in [6, 6.07) is 8.72. The Morgan fingerprint density at radius 3 is 2.80 bits per heavy atom. The lowest BCUT2D eigenvalue weighted by Crippen LogP contribution is -2.04. The number of H-pyrrole nitrogens is 1. The first-order chi connectivity index (χ1) is 7.22. The van der Waals surface area contributed by atoms with Crippen LogP contribution in [-0.2, 0) is 6.54 Å². The average molecular weight is 202 g/mol. The fraction of sp³-hybridized carbons (Fsp3) is 0.385. The lowest BCUT2D eigenvalue weighted by Gasteiger charge is -2.06. The van der Waals surface area contributed by atoms with Crippen molar-refractivity contribution in [2.45, 2.75) is 26.3 Å². The fourth-order valence-electron chi connectivity index (χ4n) is 2.00. The Bertz CT molecular complexity index is 455. The van der Waals surface area contributed by atoms with Crippen molar-refractivity contribution < 1.29 is 0 Å². The molecule has 0 bridgehead atoms. The van der Waals surface area contributed by atoms with Gasteiger partial charge in [0.05, 0.1) is 0 Å². The molecule has 1 aromatic carbocycles.